The molecule has 0 radical (unpaired) electrons. The molecule has 4 aromatic rings. The second-order valence-electron chi connectivity index (χ2n) is 7.20. The molecule has 0 unspecified atom stereocenters. The van der Waals surface area contributed by atoms with E-state index < -0.39 is 11.6 Å². The van der Waals surface area contributed by atoms with E-state index in [0.29, 0.717) is 22.2 Å². The van der Waals surface area contributed by atoms with Gasteiger partial charge in [0.25, 0.3) is 0 Å². The van der Waals surface area contributed by atoms with Gasteiger partial charge in [0.05, 0.1) is 28.0 Å². The molecule has 6 heteroatoms. The third-order valence-electron chi connectivity index (χ3n) is 5.11. The molecule has 2 aromatic carbocycles. The van der Waals surface area contributed by atoms with Gasteiger partial charge in [0, 0.05) is 17.0 Å². The summed E-state index contributed by atoms with van der Waals surface area (Å²) in [6, 6.07) is 10.2. The Hall–Kier alpha value is -3.54. The van der Waals surface area contributed by atoms with E-state index in [4.69, 9.17) is 9.15 Å². The van der Waals surface area contributed by atoms with Crippen LogP contribution in [0.25, 0.3) is 22.0 Å². The quantitative estimate of drug-likeness (QED) is 0.384. The lowest BCUT2D eigenvalue weighted by Gasteiger charge is -2.10. The van der Waals surface area contributed by atoms with Crippen LogP contribution in [0.3, 0.4) is 0 Å². The number of benzene rings is 2. The van der Waals surface area contributed by atoms with Crippen molar-refractivity contribution in [3.8, 4) is 0 Å². The third kappa shape index (κ3) is 3.61. The third-order valence-corrected chi connectivity index (χ3v) is 5.11. The number of ether oxygens (including phenoxy) is 1. The molecule has 6 nitrogen and oxygen atoms in total. The summed E-state index contributed by atoms with van der Waals surface area (Å²) >= 11 is 0. The van der Waals surface area contributed by atoms with Crippen molar-refractivity contribution in [2.45, 2.75) is 34.3 Å². The van der Waals surface area contributed by atoms with Crippen LogP contribution in [0.2, 0.25) is 0 Å². The van der Waals surface area contributed by atoms with Crippen LogP contribution in [0, 0.1) is 27.7 Å². The van der Waals surface area contributed by atoms with Gasteiger partial charge >= 0.3 is 11.6 Å². The number of carbonyl (C=O) groups excluding carboxylic acids is 1. The van der Waals surface area contributed by atoms with Crippen LogP contribution in [0.5, 0.6) is 0 Å². The maximum atomic E-state index is 12.6. The molecule has 0 saturated carbocycles. The maximum Gasteiger partial charge on any atom is 0.338 e. The minimum atomic E-state index is -0.489. The van der Waals surface area contributed by atoms with Gasteiger partial charge in [-0.15, -0.1) is 0 Å². The minimum Gasteiger partial charge on any atom is -0.457 e. The van der Waals surface area contributed by atoms with Gasteiger partial charge in [0.15, 0.2) is 0 Å². The highest BCUT2D eigenvalue weighted by atomic mass is 16.5. The SMILES string of the molecule is Cc1cc2oc(=O)cc(COC(=O)c3ccc4nc(C)c(C)nc4c3)c2cc1C. The first-order chi connectivity index (χ1) is 13.8. The Kier molecular flexibility index (Phi) is 4.62. The largest absolute Gasteiger partial charge is 0.457 e. The van der Waals surface area contributed by atoms with Crippen molar-refractivity contribution < 1.29 is 13.9 Å². The molecule has 0 aliphatic rings. The van der Waals surface area contributed by atoms with Gasteiger partial charge < -0.3 is 9.15 Å². The molecule has 0 aliphatic heterocycles. The number of carbonyl (C=O) groups is 1. The number of aryl methyl sites for hydroxylation is 4. The number of rotatable bonds is 3. The van der Waals surface area contributed by atoms with Crippen molar-refractivity contribution in [2.75, 3.05) is 0 Å². The van der Waals surface area contributed by atoms with E-state index in [2.05, 4.69) is 9.97 Å². The summed E-state index contributed by atoms with van der Waals surface area (Å²) in [7, 11) is 0. The van der Waals surface area contributed by atoms with E-state index in [1.165, 1.54) is 6.07 Å². The molecule has 4 rings (SSSR count). The van der Waals surface area contributed by atoms with Gasteiger partial charge in [0.2, 0.25) is 0 Å². The van der Waals surface area contributed by atoms with Crippen molar-refractivity contribution in [3.05, 3.63) is 80.5 Å². The molecule has 0 atom stereocenters. The van der Waals surface area contributed by atoms with Gasteiger partial charge in [-0.2, -0.15) is 0 Å². The number of nitrogens with zero attached hydrogens (tertiary/aromatic N) is 2. The van der Waals surface area contributed by atoms with Crippen molar-refractivity contribution in [1.29, 1.82) is 0 Å². The first kappa shape index (κ1) is 18.8. The Bertz CT molecular complexity index is 1340. The van der Waals surface area contributed by atoms with Crippen LogP contribution in [0.1, 0.15) is 38.4 Å². The number of esters is 1. The second kappa shape index (κ2) is 7.13. The first-order valence-electron chi connectivity index (χ1n) is 9.28. The number of hydrogen-bond acceptors (Lipinski definition) is 6. The lowest BCUT2D eigenvalue weighted by molar-refractivity contribution is 0.0474. The van der Waals surface area contributed by atoms with Gasteiger partial charge in [-0.1, -0.05) is 0 Å². The fourth-order valence-corrected chi connectivity index (χ4v) is 3.19. The molecule has 0 aliphatic carbocycles. The van der Waals surface area contributed by atoms with E-state index in [1.54, 1.807) is 18.2 Å². The van der Waals surface area contributed by atoms with Crippen LogP contribution in [0.15, 0.2) is 45.6 Å². The predicted molar refractivity (Wildman–Crippen MR) is 110 cm³/mol. The van der Waals surface area contributed by atoms with Crippen molar-refractivity contribution in [3.63, 3.8) is 0 Å². The molecule has 2 aromatic heterocycles. The summed E-state index contributed by atoms with van der Waals surface area (Å²) in [6.45, 7) is 7.68. The summed E-state index contributed by atoms with van der Waals surface area (Å²) in [5.41, 5.74) is 6.13. The standard InChI is InChI=1S/C23H20N2O4/c1-12-7-18-17(10-22(26)29-21(18)8-13(12)2)11-28-23(27)16-5-6-19-20(9-16)25-15(4)14(3)24-19/h5-10H,11H2,1-4H3. The minimum absolute atomic E-state index is 0.0277. The Labute approximate surface area is 167 Å². The smallest absolute Gasteiger partial charge is 0.338 e. The summed E-state index contributed by atoms with van der Waals surface area (Å²) in [5, 5.41) is 0.760. The van der Waals surface area contributed by atoms with Gasteiger partial charge in [0.1, 0.15) is 12.2 Å². The predicted octanol–water partition coefficient (Wildman–Crippen LogP) is 4.33. The summed E-state index contributed by atoms with van der Waals surface area (Å²) in [5.74, 6) is -0.489. The molecule has 0 amide bonds. The normalized spacial score (nSPS) is 11.2. The molecule has 2 heterocycles. The van der Waals surface area contributed by atoms with Crippen LogP contribution < -0.4 is 5.63 Å². The molecule has 0 N–H and O–H groups in total. The van der Waals surface area contributed by atoms with Crippen LogP contribution in [0.4, 0.5) is 0 Å². The summed E-state index contributed by atoms with van der Waals surface area (Å²) < 4.78 is 10.8. The molecular formula is C23H20N2O4. The fraction of sp³-hybridized carbons (Fsp3) is 0.217. The highest BCUT2D eigenvalue weighted by Gasteiger charge is 2.13. The zero-order valence-electron chi connectivity index (χ0n) is 16.7. The van der Waals surface area contributed by atoms with E-state index >= 15 is 0 Å². The molecule has 0 bridgehead atoms. The maximum absolute atomic E-state index is 12.6. The number of hydrogen-bond donors (Lipinski definition) is 0. The Morgan fingerprint density at radius 1 is 0.931 bits per heavy atom. The fourth-order valence-electron chi connectivity index (χ4n) is 3.19. The molecule has 0 saturated heterocycles. The van der Waals surface area contributed by atoms with E-state index in [1.807, 2.05) is 39.8 Å². The van der Waals surface area contributed by atoms with Crippen molar-refractivity contribution in [2.24, 2.45) is 0 Å². The average molecular weight is 388 g/mol. The Morgan fingerprint density at radius 2 is 1.62 bits per heavy atom. The number of aromatic nitrogens is 2. The molecule has 0 fully saturated rings. The first-order valence-corrected chi connectivity index (χ1v) is 9.28. The van der Waals surface area contributed by atoms with Gasteiger partial charge in [-0.25, -0.2) is 19.6 Å². The lowest BCUT2D eigenvalue weighted by atomic mass is 10.0. The van der Waals surface area contributed by atoms with E-state index in [9.17, 15) is 9.59 Å². The zero-order chi connectivity index (χ0) is 20.7. The van der Waals surface area contributed by atoms with E-state index in [0.717, 1.165) is 33.4 Å². The van der Waals surface area contributed by atoms with Crippen LogP contribution in [-0.4, -0.2) is 15.9 Å². The summed E-state index contributed by atoms with van der Waals surface area (Å²) in [4.78, 5) is 33.4. The molecule has 29 heavy (non-hydrogen) atoms. The monoisotopic (exact) mass is 388 g/mol. The second-order valence-corrected chi connectivity index (χ2v) is 7.20. The average Bonchev–Trinajstić information content (AvgIpc) is 2.67. The van der Waals surface area contributed by atoms with Crippen molar-refractivity contribution >= 4 is 28.0 Å². The van der Waals surface area contributed by atoms with Crippen LogP contribution >= 0.6 is 0 Å². The Balaban J connectivity index is 1.63. The van der Waals surface area contributed by atoms with E-state index in [-0.39, 0.29) is 6.61 Å². The molecule has 146 valence electrons. The van der Waals surface area contributed by atoms with Crippen LogP contribution in [-0.2, 0) is 11.3 Å². The summed E-state index contributed by atoms with van der Waals surface area (Å²) in [6.07, 6.45) is 0. The highest BCUT2D eigenvalue weighted by molar-refractivity contribution is 5.93. The molecular weight excluding hydrogens is 368 g/mol. The highest BCUT2D eigenvalue weighted by Crippen LogP contribution is 2.23. The Morgan fingerprint density at radius 3 is 2.38 bits per heavy atom. The van der Waals surface area contributed by atoms with Gasteiger partial charge in [-0.05, 0) is 69.2 Å². The zero-order valence-corrected chi connectivity index (χ0v) is 16.7. The topological polar surface area (TPSA) is 82.3 Å². The van der Waals surface area contributed by atoms with Crippen molar-refractivity contribution in [1.82, 2.24) is 9.97 Å². The van der Waals surface area contributed by atoms with Gasteiger partial charge in [-0.3, -0.25) is 0 Å². The lowest BCUT2D eigenvalue weighted by Crippen LogP contribution is -2.08. The molecule has 0 spiro atoms. The number of fused-ring (bicyclic) bond motifs is 2.